The van der Waals surface area contributed by atoms with Gasteiger partial charge in [-0.15, -0.1) is 24.0 Å². The van der Waals surface area contributed by atoms with Crippen LogP contribution in [0.15, 0.2) is 53.5 Å². The molecule has 140 valence electrons. The number of nitrogens with zero attached hydrogens (tertiary/aromatic N) is 1. The number of hydrogen-bond donors (Lipinski definition) is 3. The lowest BCUT2D eigenvalue weighted by Gasteiger charge is -2.07. The van der Waals surface area contributed by atoms with Gasteiger partial charge in [-0.05, 0) is 48.5 Å². The van der Waals surface area contributed by atoms with Crippen molar-refractivity contribution in [1.29, 1.82) is 0 Å². The summed E-state index contributed by atoms with van der Waals surface area (Å²) in [5.41, 5.74) is 7.19. The van der Waals surface area contributed by atoms with Crippen LogP contribution in [0, 0.1) is 0 Å². The molecule has 0 aliphatic heterocycles. The average Bonchev–Trinajstić information content (AvgIpc) is 2.65. The van der Waals surface area contributed by atoms with Crippen molar-refractivity contribution in [3.05, 3.63) is 54.1 Å². The number of methoxy groups -OCH3 is 2. The van der Waals surface area contributed by atoms with Crippen LogP contribution in [-0.2, 0) is 0 Å². The average molecular weight is 470 g/mol. The van der Waals surface area contributed by atoms with E-state index in [-0.39, 0.29) is 35.8 Å². The van der Waals surface area contributed by atoms with E-state index in [2.05, 4.69) is 15.6 Å². The largest absolute Gasteiger partial charge is 0.497 e. The number of aliphatic imine (C=N–C) groups is 1. The van der Waals surface area contributed by atoms with Gasteiger partial charge in [0.2, 0.25) is 0 Å². The summed E-state index contributed by atoms with van der Waals surface area (Å²) < 4.78 is 10.1. The number of anilines is 1. The zero-order valence-corrected chi connectivity index (χ0v) is 17.0. The predicted molar refractivity (Wildman–Crippen MR) is 114 cm³/mol. The molecule has 2 rings (SSSR count). The Morgan fingerprint density at radius 1 is 1.00 bits per heavy atom. The molecule has 1 amide bonds. The molecule has 2 aromatic rings. The summed E-state index contributed by atoms with van der Waals surface area (Å²) >= 11 is 0. The van der Waals surface area contributed by atoms with Gasteiger partial charge in [-0.3, -0.25) is 9.79 Å². The van der Waals surface area contributed by atoms with Crippen LogP contribution >= 0.6 is 24.0 Å². The number of rotatable bonds is 7. The molecule has 0 unspecified atom stereocenters. The SMILES string of the molecule is COc1ccc(NC(N)=NCCNC(=O)c2ccc(OC)cc2)cc1.I. The van der Waals surface area contributed by atoms with Gasteiger partial charge in [-0.1, -0.05) is 0 Å². The summed E-state index contributed by atoms with van der Waals surface area (Å²) in [6.07, 6.45) is 0. The summed E-state index contributed by atoms with van der Waals surface area (Å²) in [6.45, 7) is 0.757. The highest BCUT2D eigenvalue weighted by molar-refractivity contribution is 14.0. The van der Waals surface area contributed by atoms with E-state index in [1.807, 2.05) is 24.3 Å². The Balaban J connectivity index is 0.00000338. The fourth-order valence-electron chi connectivity index (χ4n) is 2.05. The van der Waals surface area contributed by atoms with Crippen LogP contribution in [0.1, 0.15) is 10.4 Å². The Morgan fingerprint density at radius 3 is 2.08 bits per heavy atom. The number of nitrogens with one attached hydrogen (secondary N) is 2. The first-order valence-electron chi connectivity index (χ1n) is 7.75. The van der Waals surface area contributed by atoms with E-state index >= 15 is 0 Å². The third-order valence-electron chi connectivity index (χ3n) is 3.39. The van der Waals surface area contributed by atoms with E-state index in [0.717, 1.165) is 11.4 Å². The molecule has 0 heterocycles. The quantitative estimate of drug-likeness (QED) is 0.250. The summed E-state index contributed by atoms with van der Waals surface area (Å²) in [6, 6.07) is 14.2. The lowest BCUT2D eigenvalue weighted by Crippen LogP contribution is -2.28. The molecule has 0 spiro atoms. The fraction of sp³-hybridized carbons (Fsp3) is 0.222. The molecule has 2 aromatic carbocycles. The number of hydrogen-bond acceptors (Lipinski definition) is 4. The zero-order valence-electron chi connectivity index (χ0n) is 14.7. The summed E-state index contributed by atoms with van der Waals surface area (Å²) in [5, 5.41) is 5.76. The maximum Gasteiger partial charge on any atom is 0.251 e. The topological polar surface area (TPSA) is 98.0 Å². The molecule has 0 atom stereocenters. The van der Waals surface area contributed by atoms with E-state index in [0.29, 0.717) is 24.4 Å². The van der Waals surface area contributed by atoms with Gasteiger partial charge < -0.3 is 25.8 Å². The van der Waals surface area contributed by atoms with Crippen LogP contribution in [0.2, 0.25) is 0 Å². The van der Waals surface area contributed by atoms with Gasteiger partial charge >= 0.3 is 0 Å². The Hall–Kier alpha value is -2.49. The summed E-state index contributed by atoms with van der Waals surface area (Å²) in [4.78, 5) is 16.2. The van der Waals surface area contributed by atoms with Gasteiger partial charge in [0.05, 0.1) is 20.8 Å². The highest BCUT2D eigenvalue weighted by Crippen LogP contribution is 2.14. The number of carbonyl (C=O) groups excluding carboxylic acids is 1. The number of halogens is 1. The van der Waals surface area contributed by atoms with Crippen LogP contribution < -0.4 is 25.8 Å². The molecule has 0 aliphatic carbocycles. The first kappa shape index (κ1) is 21.6. The second-order valence-electron chi connectivity index (χ2n) is 5.10. The van der Waals surface area contributed by atoms with E-state index < -0.39 is 0 Å². The minimum absolute atomic E-state index is 0. The third-order valence-corrected chi connectivity index (χ3v) is 3.39. The van der Waals surface area contributed by atoms with Crippen LogP contribution in [0.5, 0.6) is 11.5 Å². The van der Waals surface area contributed by atoms with Gasteiger partial charge in [0.15, 0.2) is 5.96 Å². The highest BCUT2D eigenvalue weighted by Gasteiger charge is 2.04. The van der Waals surface area contributed by atoms with E-state index in [1.165, 1.54) is 0 Å². The lowest BCUT2D eigenvalue weighted by atomic mass is 10.2. The van der Waals surface area contributed by atoms with Crippen LogP contribution in [0.4, 0.5) is 5.69 Å². The molecular formula is C18H23IN4O3. The molecule has 8 heteroatoms. The lowest BCUT2D eigenvalue weighted by molar-refractivity contribution is 0.0955. The van der Waals surface area contributed by atoms with Gasteiger partial charge in [0, 0.05) is 17.8 Å². The number of ether oxygens (including phenoxy) is 2. The first-order chi connectivity index (χ1) is 12.1. The van der Waals surface area contributed by atoms with Crippen molar-refractivity contribution < 1.29 is 14.3 Å². The van der Waals surface area contributed by atoms with Crippen molar-refractivity contribution in [2.24, 2.45) is 10.7 Å². The minimum atomic E-state index is -0.167. The minimum Gasteiger partial charge on any atom is -0.497 e. The van der Waals surface area contributed by atoms with Crippen molar-refractivity contribution in [2.45, 2.75) is 0 Å². The van der Waals surface area contributed by atoms with Gasteiger partial charge in [0.1, 0.15) is 11.5 Å². The third kappa shape index (κ3) is 6.79. The van der Waals surface area contributed by atoms with Crippen LogP contribution in [0.3, 0.4) is 0 Å². The molecule has 7 nitrogen and oxygen atoms in total. The molecule has 0 radical (unpaired) electrons. The second-order valence-corrected chi connectivity index (χ2v) is 5.10. The molecule has 0 saturated heterocycles. The molecule has 0 aromatic heterocycles. The van der Waals surface area contributed by atoms with Gasteiger partial charge in [-0.2, -0.15) is 0 Å². The van der Waals surface area contributed by atoms with Gasteiger partial charge in [-0.25, -0.2) is 0 Å². The monoisotopic (exact) mass is 470 g/mol. The Bertz CT molecular complexity index is 718. The Morgan fingerprint density at radius 2 is 1.54 bits per heavy atom. The van der Waals surface area contributed by atoms with Crippen molar-refractivity contribution in [1.82, 2.24) is 5.32 Å². The molecule has 26 heavy (non-hydrogen) atoms. The van der Waals surface area contributed by atoms with E-state index in [4.69, 9.17) is 15.2 Å². The van der Waals surface area contributed by atoms with E-state index in [1.54, 1.807) is 38.5 Å². The second kappa shape index (κ2) is 11.2. The summed E-state index contributed by atoms with van der Waals surface area (Å²) in [5.74, 6) is 1.59. The number of benzene rings is 2. The normalized spacial score (nSPS) is 10.5. The maximum atomic E-state index is 12.0. The Labute approximate surface area is 170 Å². The number of carbonyl (C=O) groups is 1. The van der Waals surface area contributed by atoms with Crippen molar-refractivity contribution >= 4 is 41.5 Å². The first-order valence-corrected chi connectivity index (χ1v) is 7.75. The molecule has 4 N–H and O–H groups in total. The van der Waals surface area contributed by atoms with Crippen molar-refractivity contribution in [3.8, 4) is 11.5 Å². The van der Waals surface area contributed by atoms with Crippen molar-refractivity contribution in [2.75, 3.05) is 32.6 Å². The maximum absolute atomic E-state index is 12.0. The molecule has 0 bridgehead atoms. The molecule has 0 fully saturated rings. The van der Waals surface area contributed by atoms with Crippen molar-refractivity contribution in [3.63, 3.8) is 0 Å². The molecular weight excluding hydrogens is 447 g/mol. The zero-order chi connectivity index (χ0) is 18.1. The van der Waals surface area contributed by atoms with E-state index in [9.17, 15) is 4.79 Å². The standard InChI is InChI=1S/C18H22N4O3.HI/c1-24-15-7-3-13(4-8-15)17(23)20-11-12-21-18(19)22-14-5-9-16(25-2)10-6-14;/h3-10H,11-12H2,1-2H3,(H,20,23)(H3,19,21,22);1H. The molecule has 0 saturated carbocycles. The van der Waals surface area contributed by atoms with Crippen LogP contribution in [-0.4, -0.2) is 39.2 Å². The summed E-state index contributed by atoms with van der Waals surface area (Å²) in [7, 11) is 3.19. The van der Waals surface area contributed by atoms with Gasteiger partial charge in [0.25, 0.3) is 5.91 Å². The van der Waals surface area contributed by atoms with Crippen LogP contribution in [0.25, 0.3) is 0 Å². The number of amides is 1. The highest BCUT2D eigenvalue weighted by atomic mass is 127. The number of nitrogens with two attached hydrogens (primary N) is 1. The fourth-order valence-corrected chi connectivity index (χ4v) is 2.05. The predicted octanol–water partition coefficient (Wildman–Crippen LogP) is 2.48. The smallest absolute Gasteiger partial charge is 0.251 e. The number of guanidine groups is 1. The molecule has 0 aliphatic rings. The Kier molecular flexibility index (Phi) is 9.27.